The van der Waals surface area contributed by atoms with Crippen LogP contribution in [0, 0.1) is 6.92 Å². The molecular formula is C23H24N4O2. The molecule has 0 saturated heterocycles. The fraction of sp³-hybridized carbons (Fsp3) is 0.174. The Kier molecular flexibility index (Phi) is 6.95. The highest BCUT2D eigenvalue weighted by molar-refractivity contribution is 6.09. The molecule has 0 spiro atoms. The Bertz CT molecular complexity index is 952. The van der Waals surface area contributed by atoms with E-state index in [0.29, 0.717) is 24.7 Å². The molecule has 148 valence electrons. The van der Waals surface area contributed by atoms with Crippen LogP contribution in [0.2, 0.25) is 0 Å². The van der Waals surface area contributed by atoms with E-state index in [1.807, 2.05) is 62.4 Å². The second-order valence-electron chi connectivity index (χ2n) is 6.43. The molecule has 1 aromatic heterocycles. The first-order valence-corrected chi connectivity index (χ1v) is 9.45. The number of nitrogens with zero attached hydrogens (tertiary/aromatic N) is 2. The van der Waals surface area contributed by atoms with Crippen LogP contribution in [-0.4, -0.2) is 23.5 Å². The van der Waals surface area contributed by atoms with E-state index in [1.165, 1.54) is 0 Å². The van der Waals surface area contributed by atoms with Crippen molar-refractivity contribution in [1.29, 1.82) is 0 Å². The number of benzene rings is 2. The maximum atomic E-state index is 12.6. The van der Waals surface area contributed by atoms with E-state index >= 15 is 0 Å². The SMILES string of the molecule is CCOc1ccc(NC(=NCc2cccnc2)NC(=O)c2ccc(C)cc2)cc1. The zero-order chi connectivity index (χ0) is 20.5. The second kappa shape index (κ2) is 10.0. The Morgan fingerprint density at radius 2 is 1.83 bits per heavy atom. The molecule has 2 N–H and O–H groups in total. The van der Waals surface area contributed by atoms with E-state index in [-0.39, 0.29) is 5.91 Å². The summed E-state index contributed by atoms with van der Waals surface area (Å²) >= 11 is 0. The molecular weight excluding hydrogens is 364 g/mol. The van der Waals surface area contributed by atoms with Crippen LogP contribution in [0.5, 0.6) is 5.75 Å². The number of nitrogens with one attached hydrogen (secondary N) is 2. The number of guanidine groups is 1. The summed E-state index contributed by atoms with van der Waals surface area (Å²) < 4.78 is 5.47. The van der Waals surface area contributed by atoms with Crippen molar-refractivity contribution in [2.75, 3.05) is 11.9 Å². The summed E-state index contributed by atoms with van der Waals surface area (Å²) in [6.07, 6.45) is 3.46. The summed E-state index contributed by atoms with van der Waals surface area (Å²) in [4.78, 5) is 21.3. The number of ether oxygens (including phenoxy) is 1. The molecule has 1 amide bonds. The van der Waals surface area contributed by atoms with E-state index in [9.17, 15) is 4.79 Å². The molecule has 0 aliphatic carbocycles. The number of rotatable bonds is 6. The van der Waals surface area contributed by atoms with Crippen molar-refractivity contribution >= 4 is 17.6 Å². The molecule has 0 bridgehead atoms. The Balaban J connectivity index is 1.76. The molecule has 3 aromatic rings. The molecule has 0 saturated carbocycles. The van der Waals surface area contributed by atoms with E-state index in [4.69, 9.17) is 4.74 Å². The molecule has 0 fully saturated rings. The number of aryl methyl sites for hydroxylation is 1. The van der Waals surface area contributed by atoms with E-state index in [1.54, 1.807) is 24.5 Å². The third kappa shape index (κ3) is 6.17. The number of aliphatic imine (C=N–C) groups is 1. The monoisotopic (exact) mass is 388 g/mol. The van der Waals surface area contributed by atoms with Crippen LogP contribution in [0.4, 0.5) is 5.69 Å². The summed E-state index contributed by atoms with van der Waals surface area (Å²) in [6.45, 7) is 4.92. The minimum absolute atomic E-state index is 0.228. The molecule has 2 aromatic carbocycles. The van der Waals surface area contributed by atoms with Crippen molar-refractivity contribution in [3.05, 3.63) is 89.7 Å². The third-order valence-electron chi connectivity index (χ3n) is 4.12. The van der Waals surface area contributed by atoms with Gasteiger partial charge in [-0.15, -0.1) is 0 Å². The Morgan fingerprint density at radius 1 is 1.07 bits per heavy atom. The van der Waals surface area contributed by atoms with Crippen molar-refractivity contribution in [2.24, 2.45) is 4.99 Å². The van der Waals surface area contributed by atoms with Gasteiger partial charge in [0.1, 0.15) is 5.75 Å². The number of hydrogen-bond donors (Lipinski definition) is 2. The van der Waals surface area contributed by atoms with Crippen LogP contribution in [0.1, 0.15) is 28.4 Å². The average Bonchev–Trinajstić information content (AvgIpc) is 2.75. The van der Waals surface area contributed by atoms with E-state index in [2.05, 4.69) is 20.6 Å². The summed E-state index contributed by atoms with van der Waals surface area (Å²) in [5, 5.41) is 6.03. The highest BCUT2D eigenvalue weighted by Crippen LogP contribution is 2.15. The van der Waals surface area contributed by atoms with Gasteiger partial charge in [0, 0.05) is 23.6 Å². The van der Waals surface area contributed by atoms with Crippen LogP contribution >= 0.6 is 0 Å². The highest BCUT2D eigenvalue weighted by atomic mass is 16.5. The first kappa shape index (κ1) is 20.1. The quantitative estimate of drug-likeness (QED) is 0.490. The molecule has 29 heavy (non-hydrogen) atoms. The van der Waals surface area contributed by atoms with Crippen LogP contribution in [0.3, 0.4) is 0 Å². The van der Waals surface area contributed by atoms with Gasteiger partial charge in [-0.25, -0.2) is 4.99 Å². The van der Waals surface area contributed by atoms with Gasteiger partial charge in [0.2, 0.25) is 5.96 Å². The predicted molar refractivity (Wildman–Crippen MR) is 115 cm³/mol. The highest BCUT2D eigenvalue weighted by Gasteiger charge is 2.09. The lowest BCUT2D eigenvalue weighted by Crippen LogP contribution is -2.36. The lowest BCUT2D eigenvalue weighted by atomic mass is 10.1. The van der Waals surface area contributed by atoms with Crippen molar-refractivity contribution < 1.29 is 9.53 Å². The molecule has 6 heteroatoms. The molecule has 6 nitrogen and oxygen atoms in total. The first-order chi connectivity index (χ1) is 14.1. The molecule has 0 unspecified atom stereocenters. The van der Waals surface area contributed by atoms with Crippen LogP contribution in [0.15, 0.2) is 78.0 Å². The van der Waals surface area contributed by atoms with Gasteiger partial charge in [-0.2, -0.15) is 0 Å². The van der Waals surface area contributed by atoms with E-state index < -0.39 is 0 Å². The van der Waals surface area contributed by atoms with E-state index in [0.717, 1.165) is 22.6 Å². The maximum Gasteiger partial charge on any atom is 0.257 e. The van der Waals surface area contributed by atoms with Crippen molar-refractivity contribution in [1.82, 2.24) is 10.3 Å². The number of carbonyl (C=O) groups excluding carboxylic acids is 1. The van der Waals surface area contributed by atoms with Crippen LogP contribution < -0.4 is 15.4 Å². The number of amides is 1. The third-order valence-corrected chi connectivity index (χ3v) is 4.12. The fourth-order valence-electron chi connectivity index (χ4n) is 2.59. The summed E-state index contributed by atoms with van der Waals surface area (Å²) in [7, 11) is 0. The van der Waals surface area contributed by atoms with Gasteiger partial charge in [0.15, 0.2) is 0 Å². The summed E-state index contributed by atoms with van der Waals surface area (Å²) in [5.74, 6) is 0.924. The minimum atomic E-state index is -0.228. The number of anilines is 1. The molecule has 0 aliphatic rings. The topological polar surface area (TPSA) is 75.6 Å². The Morgan fingerprint density at radius 3 is 2.48 bits per heavy atom. The molecule has 0 radical (unpaired) electrons. The number of hydrogen-bond acceptors (Lipinski definition) is 4. The molecule has 1 heterocycles. The van der Waals surface area contributed by atoms with Crippen molar-refractivity contribution in [2.45, 2.75) is 20.4 Å². The first-order valence-electron chi connectivity index (χ1n) is 9.45. The van der Waals surface area contributed by atoms with Crippen molar-refractivity contribution in [3.8, 4) is 5.75 Å². The van der Waals surface area contributed by atoms with Crippen LogP contribution in [-0.2, 0) is 6.54 Å². The van der Waals surface area contributed by atoms with Crippen LogP contribution in [0.25, 0.3) is 0 Å². The van der Waals surface area contributed by atoms with Gasteiger partial charge >= 0.3 is 0 Å². The molecule has 0 aliphatic heterocycles. The number of carbonyl (C=O) groups is 1. The number of pyridine rings is 1. The largest absolute Gasteiger partial charge is 0.494 e. The number of aromatic nitrogens is 1. The average molecular weight is 388 g/mol. The zero-order valence-electron chi connectivity index (χ0n) is 16.6. The normalized spacial score (nSPS) is 11.0. The fourth-order valence-corrected chi connectivity index (χ4v) is 2.59. The smallest absolute Gasteiger partial charge is 0.257 e. The molecule has 3 rings (SSSR count). The molecule has 0 atom stereocenters. The standard InChI is InChI=1S/C23H24N4O2/c1-3-29-21-12-10-20(11-13-21)26-23(25-16-18-5-4-14-24-15-18)27-22(28)19-8-6-17(2)7-9-19/h4-15H,3,16H2,1-2H3,(H2,25,26,27,28). The predicted octanol–water partition coefficient (Wildman–Crippen LogP) is 4.19. The van der Waals surface area contributed by atoms with Crippen molar-refractivity contribution in [3.63, 3.8) is 0 Å². The minimum Gasteiger partial charge on any atom is -0.494 e. The van der Waals surface area contributed by atoms with Gasteiger partial charge in [-0.1, -0.05) is 23.8 Å². The maximum absolute atomic E-state index is 12.6. The van der Waals surface area contributed by atoms with Gasteiger partial charge in [0.05, 0.1) is 13.2 Å². The van der Waals surface area contributed by atoms with Gasteiger partial charge in [-0.05, 0) is 61.9 Å². The van der Waals surface area contributed by atoms with Gasteiger partial charge < -0.3 is 10.1 Å². The Labute approximate surface area is 170 Å². The van der Waals surface area contributed by atoms with Gasteiger partial charge in [-0.3, -0.25) is 15.1 Å². The zero-order valence-corrected chi connectivity index (χ0v) is 16.6. The summed E-state index contributed by atoms with van der Waals surface area (Å²) in [6, 6.07) is 18.7. The second-order valence-corrected chi connectivity index (χ2v) is 6.43. The summed E-state index contributed by atoms with van der Waals surface area (Å²) in [5.41, 5.74) is 3.41. The lowest BCUT2D eigenvalue weighted by molar-refractivity contribution is 0.0977. The lowest BCUT2D eigenvalue weighted by Gasteiger charge is -2.13. The Hall–Kier alpha value is -3.67. The van der Waals surface area contributed by atoms with Gasteiger partial charge in [0.25, 0.3) is 5.91 Å².